The van der Waals surface area contributed by atoms with E-state index in [0.717, 1.165) is 22.5 Å². The summed E-state index contributed by atoms with van der Waals surface area (Å²) in [5.74, 6) is 0.523. The van der Waals surface area contributed by atoms with E-state index in [0.29, 0.717) is 22.7 Å². The molecule has 4 aromatic rings. The maximum atomic E-state index is 13.6. The lowest BCUT2D eigenvalue weighted by molar-refractivity contribution is -0.386. The van der Waals surface area contributed by atoms with Crippen molar-refractivity contribution in [1.29, 1.82) is 0 Å². The number of methoxy groups -OCH3 is 1. The lowest BCUT2D eigenvalue weighted by atomic mass is 10.0. The van der Waals surface area contributed by atoms with Gasteiger partial charge in [0.15, 0.2) is 0 Å². The largest absolute Gasteiger partial charge is 0.496 e. The second-order valence-electron chi connectivity index (χ2n) is 8.61. The van der Waals surface area contributed by atoms with Gasteiger partial charge >= 0.3 is 5.69 Å². The first-order valence-electron chi connectivity index (χ1n) is 11.5. The van der Waals surface area contributed by atoms with Crippen LogP contribution in [0.15, 0.2) is 72.8 Å². The van der Waals surface area contributed by atoms with Crippen molar-refractivity contribution in [2.24, 2.45) is 0 Å². The first-order valence-corrected chi connectivity index (χ1v) is 11.5. The molecule has 3 aromatic carbocycles. The van der Waals surface area contributed by atoms with Crippen LogP contribution in [0, 0.1) is 24.0 Å². The molecule has 0 radical (unpaired) electrons. The minimum atomic E-state index is -0.478. The SMILES string of the molecule is COc1ccc(C2Nc3ccccc3C(=O)N2c2ccccc2)cc1Cn1nc(C)c([N+](=O)[O-])c1C. The summed E-state index contributed by atoms with van der Waals surface area (Å²) < 4.78 is 7.21. The Hall–Kier alpha value is -4.66. The van der Waals surface area contributed by atoms with E-state index in [1.54, 1.807) is 30.5 Å². The number of nitrogens with one attached hydrogen (secondary N) is 1. The number of benzene rings is 3. The Morgan fingerprint density at radius 1 is 1.06 bits per heavy atom. The number of nitro groups is 1. The van der Waals surface area contributed by atoms with E-state index < -0.39 is 11.1 Å². The third kappa shape index (κ3) is 3.94. The molecule has 9 nitrogen and oxygen atoms in total. The zero-order valence-electron chi connectivity index (χ0n) is 20.1. The van der Waals surface area contributed by atoms with Gasteiger partial charge in [0.1, 0.15) is 23.3 Å². The molecular weight excluding hydrogens is 458 g/mol. The number of fused-ring (bicyclic) bond motifs is 1. The molecule has 1 aromatic heterocycles. The number of anilines is 2. The standard InChI is InChI=1S/C27H25N5O4/c1-17-25(32(34)35)18(2)30(29-17)16-20-15-19(13-14-24(20)36-3)26-28-23-12-8-7-11-22(23)27(33)31(26)21-9-5-4-6-10-21/h4-15,26,28H,16H2,1-3H3. The molecule has 0 fully saturated rings. The second-order valence-corrected chi connectivity index (χ2v) is 8.61. The molecule has 2 heterocycles. The molecule has 0 bridgehead atoms. The van der Waals surface area contributed by atoms with E-state index in [2.05, 4.69) is 10.4 Å². The van der Waals surface area contributed by atoms with E-state index in [4.69, 9.17) is 4.74 Å². The molecular formula is C27H25N5O4. The van der Waals surface area contributed by atoms with Gasteiger partial charge in [0.2, 0.25) is 0 Å². The van der Waals surface area contributed by atoms with Gasteiger partial charge in [-0.25, -0.2) is 0 Å². The lowest BCUT2D eigenvalue weighted by Gasteiger charge is -2.38. The van der Waals surface area contributed by atoms with E-state index in [1.807, 2.05) is 72.8 Å². The van der Waals surface area contributed by atoms with Gasteiger partial charge in [-0.1, -0.05) is 36.4 Å². The minimum absolute atomic E-state index is 0.0107. The topological polar surface area (TPSA) is 103 Å². The zero-order valence-corrected chi connectivity index (χ0v) is 20.1. The number of aromatic nitrogens is 2. The van der Waals surface area contributed by atoms with Gasteiger partial charge in [0.25, 0.3) is 5.91 Å². The van der Waals surface area contributed by atoms with Gasteiger partial charge in [-0.05, 0) is 55.8 Å². The van der Waals surface area contributed by atoms with E-state index in [9.17, 15) is 14.9 Å². The first kappa shape index (κ1) is 23.1. The fourth-order valence-corrected chi connectivity index (χ4v) is 4.70. The monoisotopic (exact) mass is 483 g/mol. The van der Waals surface area contributed by atoms with Gasteiger partial charge in [0.05, 0.1) is 24.1 Å². The Labute approximate surface area is 208 Å². The molecule has 1 atom stereocenters. The van der Waals surface area contributed by atoms with Crippen LogP contribution >= 0.6 is 0 Å². The molecule has 9 heteroatoms. The number of nitrogens with zero attached hydrogens (tertiary/aromatic N) is 4. The molecule has 1 aliphatic heterocycles. The summed E-state index contributed by atoms with van der Waals surface area (Å²) >= 11 is 0. The van der Waals surface area contributed by atoms with Crippen LogP contribution in [0.5, 0.6) is 5.75 Å². The molecule has 1 amide bonds. The number of hydrogen-bond acceptors (Lipinski definition) is 6. The normalized spacial score (nSPS) is 14.8. The maximum Gasteiger partial charge on any atom is 0.312 e. The Bertz CT molecular complexity index is 1460. The van der Waals surface area contributed by atoms with Crippen molar-refractivity contribution in [2.45, 2.75) is 26.6 Å². The average Bonchev–Trinajstić information content (AvgIpc) is 3.17. The highest BCUT2D eigenvalue weighted by Gasteiger charge is 2.34. The first-order chi connectivity index (χ1) is 17.4. The molecule has 0 saturated heterocycles. The molecule has 0 spiro atoms. The summed E-state index contributed by atoms with van der Waals surface area (Å²) in [5.41, 5.74) is 4.59. The number of para-hydroxylation sites is 2. The summed E-state index contributed by atoms with van der Waals surface area (Å²) in [6.07, 6.45) is -0.478. The van der Waals surface area contributed by atoms with Gasteiger partial charge in [-0.3, -0.25) is 24.5 Å². The molecule has 1 unspecified atom stereocenters. The number of carbonyl (C=O) groups excluding carboxylic acids is 1. The van der Waals surface area contributed by atoms with Crippen molar-refractivity contribution in [1.82, 2.24) is 9.78 Å². The third-order valence-electron chi connectivity index (χ3n) is 6.43. The second kappa shape index (κ2) is 9.18. The van der Waals surface area contributed by atoms with Crippen LogP contribution < -0.4 is 15.0 Å². The van der Waals surface area contributed by atoms with Gasteiger partial charge < -0.3 is 10.1 Å². The van der Waals surface area contributed by atoms with Crippen LogP contribution in [0.2, 0.25) is 0 Å². The van der Waals surface area contributed by atoms with Crippen LogP contribution in [0.4, 0.5) is 17.1 Å². The van der Waals surface area contributed by atoms with E-state index >= 15 is 0 Å². The predicted molar refractivity (Wildman–Crippen MR) is 137 cm³/mol. The summed E-state index contributed by atoms with van der Waals surface area (Å²) in [7, 11) is 1.58. The fourth-order valence-electron chi connectivity index (χ4n) is 4.70. The lowest BCUT2D eigenvalue weighted by Crippen LogP contribution is -2.43. The van der Waals surface area contributed by atoms with E-state index in [-0.39, 0.29) is 18.1 Å². The average molecular weight is 484 g/mol. The van der Waals surface area contributed by atoms with E-state index in [1.165, 1.54) is 0 Å². The summed E-state index contributed by atoms with van der Waals surface area (Å²) in [4.78, 5) is 26.4. The Kier molecular flexibility index (Phi) is 5.89. The van der Waals surface area contributed by atoms with Crippen molar-refractivity contribution in [2.75, 3.05) is 17.3 Å². The smallest absolute Gasteiger partial charge is 0.312 e. The molecule has 182 valence electrons. The highest BCUT2D eigenvalue weighted by Crippen LogP contribution is 2.38. The molecule has 36 heavy (non-hydrogen) atoms. The Balaban J connectivity index is 1.59. The Morgan fingerprint density at radius 3 is 2.47 bits per heavy atom. The van der Waals surface area contributed by atoms with Crippen molar-refractivity contribution in [3.05, 3.63) is 111 Å². The van der Waals surface area contributed by atoms with Gasteiger partial charge in [0, 0.05) is 16.9 Å². The number of amides is 1. The van der Waals surface area contributed by atoms with Crippen molar-refractivity contribution in [3.8, 4) is 5.75 Å². The molecule has 0 aliphatic carbocycles. The minimum Gasteiger partial charge on any atom is -0.496 e. The van der Waals surface area contributed by atoms with Crippen LogP contribution in [0.3, 0.4) is 0 Å². The highest BCUT2D eigenvalue weighted by atomic mass is 16.6. The highest BCUT2D eigenvalue weighted by molar-refractivity contribution is 6.12. The van der Waals surface area contributed by atoms with Crippen LogP contribution in [-0.4, -0.2) is 27.7 Å². The summed E-state index contributed by atoms with van der Waals surface area (Å²) in [5, 5.41) is 19.4. The summed E-state index contributed by atoms with van der Waals surface area (Å²) in [6.45, 7) is 3.59. The molecule has 1 N–H and O–H groups in total. The molecule has 1 aliphatic rings. The summed E-state index contributed by atoms with van der Waals surface area (Å²) in [6, 6.07) is 22.7. The quantitative estimate of drug-likeness (QED) is 0.297. The fraction of sp³-hybridized carbons (Fsp3) is 0.185. The predicted octanol–water partition coefficient (Wildman–Crippen LogP) is 5.24. The van der Waals surface area contributed by atoms with Crippen molar-refractivity contribution < 1.29 is 14.5 Å². The maximum absolute atomic E-state index is 13.6. The Morgan fingerprint density at radius 2 is 1.78 bits per heavy atom. The number of aryl methyl sites for hydroxylation is 1. The molecule has 5 rings (SSSR count). The van der Waals surface area contributed by atoms with Crippen LogP contribution in [-0.2, 0) is 6.54 Å². The number of hydrogen-bond donors (Lipinski definition) is 1. The van der Waals surface area contributed by atoms with Gasteiger partial charge in [-0.15, -0.1) is 0 Å². The van der Waals surface area contributed by atoms with Crippen LogP contribution in [0.25, 0.3) is 0 Å². The zero-order chi connectivity index (χ0) is 25.4. The van der Waals surface area contributed by atoms with Crippen LogP contribution in [0.1, 0.15) is 39.0 Å². The number of rotatable bonds is 6. The number of ether oxygens (including phenoxy) is 1. The third-order valence-corrected chi connectivity index (χ3v) is 6.43. The van der Waals surface area contributed by atoms with Gasteiger partial charge in [-0.2, -0.15) is 5.10 Å². The van der Waals surface area contributed by atoms with Crippen molar-refractivity contribution >= 4 is 23.0 Å². The molecule has 0 saturated carbocycles. The van der Waals surface area contributed by atoms with Crippen molar-refractivity contribution in [3.63, 3.8) is 0 Å². The number of carbonyl (C=O) groups is 1.